The van der Waals surface area contributed by atoms with Crippen LogP contribution in [0.5, 0.6) is 0 Å². The Bertz CT molecular complexity index is 926. The summed E-state index contributed by atoms with van der Waals surface area (Å²) in [7, 11) is 0. The molecule has 4 aromatic rings. The van der Waals surface area contributed by atoms with Crippen molar-refractivity contribution in [2.24, 2.45) is 0 Å². The molecular formula is C16H12N4OS2. The number of nitrogens with one attached hydrogen (secondary N) is 2. The fourth-order valence-electron chi connectivity index (χ4n) is 2.22. The molecule has 2 N–H and O–H groups in total. The molecule has 0 bridgehead atoms. The maximum absolute atomic E-state index is 12.0. The van der Waals surface area contributed by atoms with E-state index >= 15 is 0 Å². The van der Waals surface area contributed by atoms with Crippen molar-refractivity contribution in [1.29, 1.82) is 0 Å². The first-order valence-electron chi connectivity index (χ1n) is 7.03. The summed E-state index contributed by atoms with van der Waals surface area (Å²) in [6.07, 6.45) is 0. The first kappa shape index (κ1) is 14.1. The molecule has 2 amide bonds. The Morgan fingerprint density at radius 2 is 1.57 bits per heavy atom. The van der Waals surface area contributed by atoms with Crippen molar-refractivity contribution < 1.29 is 4.79 Å². The number of hydrogen-bond donors (Lipinski definition) is 2. The Morgan fingerprint density at radius 1 is 0.913 bits per heavy atom. The van der Waals surface area contributed by atoms with Gasteiger partial charge in [0.2, 0.25) is 0 Å². The van der Waals surface area contributed by atoms with Gasteiger partial charge in [-0.1, -0.05) is 35.6 Å². The Morgan fingerprint density at radius 3 is 2.26 bits per heavy atom. The number of carbonyl (C=O) groups is 1. The Labute approximate surface area is 140 Å². The predicted octanol–water partition coefficient (Wildman–Crippen LogP) is 4.23. The summed E-state index contributed by atoms with van der Waals surface area (Å²) >= 11 is 3.04. The van der Waals surface area contributed by atoms with E-state index in [2.05, 4.69) is 20.6 Å². The maximum Gasteiger partial charge on any atom is 0.321 e. The van der Waals surface area contributed by atoms with Crippen LogP contribution < -0.4 is 10.6 Å². The van der Waals surface area contributed by atoms with E-state index in [1.54, 1.807) is 11.3 Å². The van der Waals surface area contributed by atoms with E-state index in [0.717, 1.165) is 25.4 Å². The number of urea groups is 1. The molecular weight excluding hydrogens is 328 g/mol. The highest BCUT2D eigenvalue weighted by molar-refractivity contribution is 7.22. The molecule has 4 rings (SSSR count). The van der Waals surface area contributed by atoms with Crippen LogP contribution in [0.15, 0.2) is 48.5 Å². The summed E-state index contributed by atoms with van der Waals surface area (Å²) < 4.78 is 2.17. The highest BCUT2D eigenvalue weighted by Crippen LogP contribution is 2.25. The Balaban J connectivity index is 1.41. The lowest BCUT2D eigenvalue weighted by Crippen LogP contribution is -2.28. The van der Waals surface area contributed by atoms with Gasteiger partial charge in [-0.25, -0.2) is 14.8 Å². The minimum atomic E-state index is -0.275. The van der Waals surface area contributed by atoms with E-state index < -0.39 is 0 Å². The average molecular weight is 340 g/mol. The van der Waals surface area contributed by atoms with Crippen molar-refractivity contribution in [2.75, 3.05) is 5.32 Å². The number of amides is 2. The molecule has 2 aromatic heterocycles. The minimum Gasteiger partial charge on any atom is -0.331 e. The van der Waals surface area contributed by atoms with Crippen molar-refractivity contribution in [3.05, 3.63) is 53.5 Å². The molecule has 7 heteroatoms. The van der Waals surface area contributed by atoms with Gasteiger partial charge in [0.1, 0.15) is 5.01 Å². The number of anilines is 1. The van der Waals surface area contributed by atoms with Crippen molar-refractivity contribution in [3.63, 3.8) is 0 Å². The van der Waals surface area contributed by atoms with Crippen LogP contribution in [0.1, 0.15) is 5.01 Å². The van der Waals surface area contributed by atoms with Crippen LogP contribution >= 0.6 is 22.7 Å². The van der Waals surface area contributed by atoms with Crippen LogP contribution in [0.2, 0.25) is 0 Å². The lowest BCUT2D eigenvalue weighted by molar-refractivity contribution is 0.251. The van der Waals surface area contributed by atoms with E-state index in [1.807, 2.05) is 48.5 Å². The molecule has 0 saturated carbocycles. The van der Waals surface area contributed by atoms with Crippen LogP contribution in [0.4, 0.5) is 9.93 Å². The van der Waals surface area contributed by atoms with Crippen molar-refractivity contribution in [1.82, 2.24) is 15.3 Å². The first-order chi connectivity index (χ1) is 11.3. The van der Waals surface area contributed by atoms with E-state index in [1.165, 1.54) is 11.3 Å². The second-order valence-electron chi connectivity index (χ2n) is 4.87. The lowest BCUT2D eigenvalue weighted by Gasteiger charge is -2.02. The topological polar surface area (TPSA) is 66.9 Å². The molecule has 23 heavy (non-hydrogen) atoms. The average Bonchev–Trinajstić information content (AvgIpc) is 3.15. The zero-order valence-electron chi connectivity index (χ0n) is 11.9. The zero-order valence-corrected chi connectivity index (χ0v) is 13.6. The minimum absolute atomic E-state index is 0.275. The quantitative estimate of drug-likeness (QED) is 0.586. The second kappa shape index (κ2) is 5.94. The normalized spacial score (nSPS) is 11.0. The van der Waals surface area contributed by atoms with Gasteiger partial charge in [-0.2, -0.15) is 0 Å². The van der Waals surface area contributed by atoms with Crippen LogP contribution in [0.25, 0.3) is 20.4 Å². The third-order valence-electron chi connectivity index (χ3n) is 3.25. The molecule has 2 heterocycles. The van der Waals surface area contributed by atoms with Gasteiger partial charge in [0.25, 0.3) is 0 Å². The third kappa shape index (κ3) is 3.01. The van der Waals surface area contributed by atoms with Gasteiger partial charge in [-0.15, -0.1) is 11.3 Å². The molecule has 0 aliphatic rings. The van der Waals surface area contributed by atoms with Crippen molar-refractivity contribution in [3.8, 4) is 0 Å². The number of benzene rings is 2. The van der Waals surface area contributed by atoms with Crippen LogP contribution in [0.3, 0.4) is 0 Å². The smallest absolute Gasteiger partial charge is 0.321 e. The number of thiazole rings is 2. The van der Waals surface area contributed by atoms with E-state index in [-0.39, 0.29) is 6.03 Å². The van der Waals surface area contributed by atoms with Gasteiger partial charge in [0.15, 0.2) is 5.13 Å². The Hall–Kier alpha value is -2.51. The summed E-state index contributed by atoms with van der Waals surface area (Å²) in [6, 6.07) is 15.5. The summed E-state index contributed by atoms with van der Waals surface area (Å²) in [5.41, 5.74) is 1.85. The molecule has 0 aliphatic heterocycles. The number of carbonyl (C=O) groups excluding carboxylic acids is 1. The van der Waals surface area contributed by atoms with Crippen LogP contribution in [0, 0.1) is 0 Å². The van der Waals surface area contributed by atoms with Gasteiger partial charge in [0.05, 0.1) is 27.0 Å². The monoisotopic (exact) mass is 340 g/mol. The maximum atomic E-state index is 12.0. The van der Waals surface area contributed by atoms with E-state index in [0.29, 0.717) is 11.7 Å². The van der Waals surface area contributed by atoms with Gasteiger partial charge in [0, 0.05) is 0 Å². The van der Waals surface area contributed by atoms with Crippen molar-refractivity contribution >= 4 is 54.3 Å². The number of nitrogens with zero attached hydrogens (tertiary/aromatic N) is 2. The summed E-state index contributed by atoms with van der Waals surface area (Å²) in [5, 5.41) is 7.06. The van der Waals surface area contributed by atoms with Crippen molar-refractivity contribution in [2.45, 2.75) is 6.54 Å². The van der Waals surface area contributed by atoms with Gasteiger partial charge < -0.3 is 5.32 Å². The van der Waals surface area contributed by atoms with E-state index in [4.69, 9.17) is 0 Å². The number of aromatic nitrogens is 2. The highest BCUT2D eigenvalue weighted by Gasteiger charge is 2.08. The number of rotatable bonds is 3. The predicted molar refractivity (Wildman–Crippen MR) is 95.1 cm³/mol. The van der Waals surface area contributed by atoms with Crippen LogP contribution in [-0.4, -0.2) is 16.0 Å². The third-order valence-corrected chi connectivity index (χ3v) is 5.24. The molecule has 114 valence electrons. The number of hydrogen-bond acceptors (Lipinski definition) is 5. The molecule has 0 aliphatic carbocycles. The fraction of sp³-hybridized carbons (Fsp3) is 0.0625. The fourth-order valence-corrected chi connectivity index (χ4v) is 3.99. The van der Waals surface area contributed by atoms with Gasteiger partial charge in [-0.3, -0.25) is 5.32 Å². The summed E-state index contributed by atoms with van der Waals surface area (Å²) in [6.45, 7) is 0.399. The summed E-state index contributed by atoms with van der Waals surface area (Å²) in [5.74, 6) is 0. The molecule has 0 fully saturated rings. The van der Waals surface area contributed by atoms with Gasteiger partial charge >= 0.3 is 6.03 Å². The molecule has 0 atom stereocenters. The standard InChI is InChI=1S/C16H12N4OS2/c21-15(20-16-19-11-6-2-4-8-13(11)23-16)17-9-14-18-10-5-1-3-7-12(10)22-14/h1-8H,9H2,(H2,17,19,20,21). The van der Waals surface area contributed by atoms with Crippen LogP contribution in [-0.2, 0) is 6.54 Å². The largest absolute Gasteiger partial charge is 0.331 e. The molecule has 0 radical (unpaired) electrons. The molecule has 5 nitrogen and oxygen atoms in total. The molecule has 0 spiro atoms. The zero-order chi connectivity index (χ0) is 15.6. The highest BCUT2D eigenvalue weighted by atomic mass is 32.1. The SMILES string of the molecule is O=C(NCc1nc2ccccc2s1)Nc1nc2ccccc2s1. The molecule has 0 unspecified atom stereocenters. The number of para-hydroxylation sites is 2. The second-order valence-corrected chi connectivity index (χ2v) is 7.02. The van der Waals surface area contributed by atoms with Gasteiger partial charge in [-0.05, 0) is 24.3 Å². The molecule has 0 saturated heterocycles. The Kier molecular flexibility index (Phi) is 3.64. The summed E-state index contributed by atoms with van der Waals surface area (Å²) in [4.78, 5) is 20.9. The first-order valence-corrected chi connectivity index (χ1v) is 8.66. The lowest BCUT2D eigenvalue weighted by atomic mass is 10.3. The van der Waals surface area contributed by atoms with E-state index in [9.17, 15) is 4.79 Å². The number of fused-ring (bicyclic) bond motifs is 2. The molecule has 2 aromatic carbocycles.